The quantitative estimate of drug-likeness (QED) is 0.0674. The molecule has 0 amide bonds. The fourth-order valence-corrected chi connectivity index (χ4v) is 9.67. The molecule has 3 aliphatic heterocycles. The summed E-state index contributed by atoms with van der Waals surface area (Å²) < 4.78 is 69.1. The van der Waals surface area contributed by atoms with Gasteiger partial charge in [-0.05, 0) is 72.8 Å². The number of fused-ring (bicyclic) bond motifs is 1. The van der Waals surface area contributed by atoms with Gasteiger partial charge in [0.25, 0.3) is 5.79 Å². The van der Waals surface area contributed by atoms with Crippen molar-refractivity contribution in [2.45, 2.75) is 78.2 Å². The van der Waals surface area contributed by atoms with Gasteiger partial charge in [-0.3, -0.25) is 0 Å². The number of hydrogen-bond acceptors (Lipinski definition) is 18. The van der Waals surface area contributed by atoms with Gasteiger partial charge in [0.05, 0.1) is 41.5 Å². The zero-order valence-corrected chi connectivity index (χ0v) is 41.2. The molecular weight excluding hydrogens is 989 g/mol. The van der Waals surface area contributed by atoms with Crippen LogP contribution in [0.15, 0.2) is 187 Å². The maximum atomic E-state index is 14.5. The molecule has 6 aromatic rings. The Morgan fingerprint density at radius 1 is 0.507 bits per heavy atom. The van der Waals surface area contributed by atoms with Crippen molar-refractivity contribution in [1.82, 2.24) is 0 Å². The van der Waals surface area contributed by atoms with Crippen LogP contribution in [-0.4, -0.2) is 122 Å². The van der Waals surface area contributed by atoms with Gasteiger partial charge in [-0.25, -0.2) is 28.8 Å². The van der Waals surface area contributed by atoms with Crippen molar-refractivity contribution in [3.63, 3.8) is 0 Å². The fourth-order valence-electron chi connectivity index (χ4n) is 8.55. The number of carbonyl (C=O) groups excluding carboxylic acids is 6. The summed E-state index contributed by atoms with van der Waals surface area (Å²) in [4.78, 5) is 85.0. The number of thioether (sulfide) groups is 1. The third-order valence-electron chi connectivity index (χ3n) is 12.3. The molecule has 9 rings (SSSR count). The Morgan fingerprint density at radius 2 is 0.920 bits per heavy atom. The summed E-state index contributed by atoms with van der Waals surface area (Å²) in [7, 11) is 1.14. The van der Waals surface area contributed by atoms with Gasteiger partial charge in [0.2, 0.25) is 0 Å². The van der Waals surface area contributed by atoms with E-state index in [9.17, 15) is 28.8 Å². The molecule has 3 fully saturated rings. The summed E-state index contributed by atoms with van der Waals surface area (Å²) >= 11 is 1.13. The molecule has 0 saturated carbocycles. The van der Waals surface area contributed by atoms with Crippen molar-refractivity contribution in [2.24, 2.45) is 0 Å². The lowest BCUT2D eigenvalue weighted by Gasteiger charge is -2.51. The molecular formula is C57H50O17S. The summed E-state index contributed by atoms with van der Waals surface area (Å²) in [5.41, 5.74) is -0.551. The highest BCUT2D eigenvalue weighted by atomic mass is 32.2. The van der Waals surface area contributed by atoms with Crippen molar-refractivity contribution < 1.29 is 80.9 Å². The van der Waals surface area contributed by atoms with E-state index in [1.807, 2.05) is 6.07 Å². The van der Waals surface area contributed by atoms with Gasteiger partial charge in [0.1, 0.15) is 36.5 Å². The van der Waals surface area contributed by atoms with Crippen LogP contribution in [-0.2, 0) is 56.9 Å². The number of ether oxygens (including phenoxy) is 11. The molecule has 75 heavy (non-hydrogen) atoms. The first-order valence-corrected chi connectivity index (χ1v) is 24.7. The molecule has 3 saturated heterocycles. The standard InChI is InChI=1S/C57H50O17S/c1-57(56(63)64-2)66-34-42-44(74-57)46(70-51(60)37-25-13-5-14-26-37)47(71-52(61)38-27-15-6-16-28-38)54(67-42)73-43-41(33-65-49(58)35-21-9-3-10-22-35)68-55(75-40-31-19-8-20-32-40)48(72-53(62)39-29-17-7-18-30-39)45(43)69-50(59)36-23-11-4-12-24-36/h3-32,41-48,54-55H,33-34H2,1-2H3/t41-,42-,43-,44+,45+,46+,47-,48-,54+,55+,57-/m1/s1. The van der Waals surface area contributed by atoms with E-state index in [2.05, 4.69) is 0 Å². The van der Waals surface area contributed by atoms with Gasteiger partial charge in [-0.2, -0.15) is 0 Å². The molecule has 0 spiro atoms. The van der Waals surface area contributed by atoms with Crippen molar-refractivity contribution in [3.8, 4) is 0 Å². The van der Waals surface area contributed by atoms with Crippen LogP contribution >= 0.6 is 11.8 Å². The molecule has 386 valence electrons. The number of hydrogen-bond donors (Lipinski definition) is 0. The zero-order valence-electron chi connectivity index (χ0n) is 40.4. The molecule has 0 aliphatic carbocycles. The second-order valence-corrected chi connectivity index (χ2v) is 18.5. The van der Waals surface area contributed by atoms with Crippen molar-refractivity contribution in [3.05, 3.63) is 210 Å². The van der Waals surface area contributed by atoms with Gasteiger partial charge < -0.3 is 52.1 Å². The average Bonchev–Trinajstić information content (AvgIpc) is 3.47. The first kappa shape index (κ1) is 52.2. The third kappa shape index (κ3) is 12.5. The van der Waals surface area contributed by atoms with Crippen LogP contribution in [0.5, 0.6) is 0 Å². The van der Waals surface area contributed by atoms with E-state index >= 15 is 0 Å². The van der Waals surface area contributed by atoms with Gasteiger partial charge in [0, 0.05) is 11.8 Å². The second kappa shape index (κ2) is 24.1. The number of esters is 6. The van der Waals surface area contributed by atoms with Gasteiger partial charge in [0.15, 0.2) is 30.7 Å². The number of rotatable bonds is 16. The molecule has 0 bridgehead atoms. The number of benzene rings is 6. The molecule has 0 unspecified atom stereocenters. The van der Waals surface area contributed by atoms with Gasteiger partial charge >= 0.3 is 35.8 Å². The summed E-state index contributed by atoms with van der Waals surface area (Å²) in [6.45, 7) is 0.353. The largest absolute Gasteiger partial charge is 0.465 e. The smallest absolute Gasteiger partial charge is 0.366 e. The third-order valence-corrected chi connectivity index (χ3v) is 13.5. The minimum Gasteiger partial charge on any atom is -0.465 e. The Labute approximate surface area is 435 Å². The van der Waals surface area contributed by atoms with E-state index in [-0.39, 0.29) is 27.8 Å². The molecule has 0 N–H and O–H groups in total. The highest BCUT2D eigenvalue weighted by Crippen LogP contribution is 2.42. The molecule has 11 atom stereocenters. The molecule has 3 aliphatic rings. The highest BCUT2D eigenvalue weighted by molar-refractivity contribution is 7.99. The van der Waals surface area contributed by atoms with Crippen molar-refractivity contribution in [1.29, 1.82) is 0 Å². The molecule has 0 aromatic heterocycles. The summed E-state index contributed by atoms with van der Waals surface area (Å²) in [6.07, 6.45) is -14.2. The minimum atomic E-state index is -2.07. The number of methoxy groups -OCH3 is 1. The summed E-state index contributed by atoms with van der Waals surface area (Å²) in [5, 5.41) is 0. The Morgan fingerprint density at radius 3 is 1.39 bits per heavy atom. The minimum absolute atomic E-state index is 0.0776. The molecule has 0 radical (unpaired) electrons. The first-order chi connectivity index (χ1) is 36.5. The topological polar surface area (TPSA) is 204 Å². The first-order valence-electron chi connectivity index (χ1n) is 23.8. The van der Waals surface area contributed by atoms with E-state index in [0.717, 1.165) is 18.9 Å². The van der Waals surface area contributed by atoms with Crippen LogP contribution < -0.4 is 0 Å². The van der Waals surface area contributed by atoms with E-state index in [1.54, 1.807) is 140 Å². The van der Waals surface area contributed by atoms with E-state index in [0.29, 0.717) is 4.90 Å². The lowest BCUT2D eigenvalue weighted by molar-refractivity contribution is -0.388. The van der Waals surface area contributed by atoms with Gasteiger partial charge in [-0.1, -0.05) is 121 Å². The summed E-state index contributed by atoms with van der Waals surface area (Å²) in [5.74, 6) is -7.24. The van der Waals surface area contributed by atoms with E-state index in [4.69, 9.17) is 52.1 Å². The van der Waals surface area contributed by atoms with Crippen LogP contribution in [0.1, 0.15) is 58.7 Å². The molecule has 17 nitrogen and oxygen atoms in total. The zero-order chi connectivity index (χ0) is 52.3. The predicted molar refractivity (Wildman–Crippen MR) is 265 cm³/mol. The van der Waals surface area contributed by atoms with Crippen molar-refractivity contribution >= 4 is 47.6 Å². The molecule has 6 aromatic carbocycles. The van der Waals surface area contributed by atoms with Crippen LogP contribution in [0.25, 0.3) is 0 Å². The van der Waals surface area contributed by atoms with Crippen LogP contribution in [0.2, 0.25) is 0 Å². The second-order valence-electron chi connectivity index (χ2n) is 17.4. The van der Waals surface area contributed by atoms with Gasteiger partial charge in [-0.15, -0.1) is 0 Å². The van der Waals surface area contributed by atoms with Crippen LogP contribution in [0.4, 0.5) is 0 Å². The van der Waals surface area contributed by atoms with E-state index in [1.165, 1.54) is 43.3 Å². The average molecular weight is 1040 g/mol. The van der Waals surface area contributed by atoms with Crippen LogP contribution in [0.3, 0.4) is 0 Å². The predicted octanol–water partition coefficient (Wildman–Crippen LogP) is 7.68. The van der Waals surface area contributed by atoms with E-state index < -0.39 is 115 Å². The fraction of sp³-hybridized carbons (Fsp3) is 0.263. The highest BCUT2D eigenvalue weighted by Gasteiger charge is 2.61. The molecule has 18 heteroatoms. The molecule has 3 heterocycles. The summed E-state index contributed by atoms with van der Waals surface area (Å²) in [6, 6.07) is 49.2. The Kier molecular flexibility index (Phi) is 16.8. The Bertz CT molecular complexity index is 2900. The van der Waals surface area contributed by atoms with Crippen LogP contribution in [0, 0.1) is 0 Å². The number of carbonyl (C=O) groups is 6. The SMILES string of the molecule is COC(=O)[C@]1(C)OC[C@H]2O[C@@H](O[C@H]3[C@H](OC(=O)c4ccccc4)[C@@H](OC(=O)c4ccccc4)[C@H](Sc4ccccc4)O[C@@H]3COC(=O)c3ccccc3)[C@H](OC(=O)c3ccccc3)[C@@H](OC(=O)c3ccccc3)[C@H]2O1. The lowest BCUT2D eigenvalue weighted by atomic mass is 9.95. The maximum absolute atomic E-state index is 14.5. The Balaban J connectivity index is 1.18. The van der Waals surface area contributed by atoms with Crippen molar-refractivity contribution in [2.75, 3.05) is 20.3 Å². The maximum Gasteiger partial charge on any atom is 0.366 e. The monoisotopic (exact) mass is 1040 g/mol. The lowest BCUT2D eigenvalue weighted by Crippen LogP contribution is -2.69. The Hall–Kier alpha value is -7.71. The normalized spacial score (nSPS) is 26.0.